The second kappa shape index (κ2) is 13.1. The summed E-state index contributed by atoms with van der Waals surface area (Å²) in [6.45, 7) is 8.15. The van der Waals surface area contributed by atoms with E-state index in [0.717, 1.165) is 50.5 Å². The Morgan fingerprint density at radius 3 is 2.59 bits per heavy atom. The van der Waals surface area contributed by atoms with E-state index in [1.165, 1.54) is 24.8 Å². The van der Waals surface area contributed by atoms with E-state index in [0.29, 0.717) is 30.0 Å². The van der Waals surface area contributed by atoms with Crippen molar-refractivity contribution in [1.82, 2.24) is 30.0 Å². The number of hydrogen-bond donors (Lipinski definition) is 4. The predicted molar refractivity (Wildman–Crippen MR) is 136 cm³/mol. The van der Waals surface area contributed by atoms with Gasteiger partial charge in [-0.2, -0.15) is 10.1 Å². The molecular weight excluding hydrogens is 432 g/mol. The van der Waals surface area contributed by atoms with Crippen LogP contribution in [0, 0.1) is 0 Å². The van der Waals surface area contributed by atoms with Gasteiger partial charge in [-0.15, -0.1) is 0 Å². The van der Waals surface area contributed by atoms with E-state index in [4.69, 9.17) is 21.3 Å². The first-order valence-electron chi connectivity index (χ1n) is 12.0. The molecule has 0 spiro atoms. The Labute approximate surface area is 201 Å². The maximum atomic E-state index is 8.29. The molecule has 186 valence electrons. The Morgan fingerprint density at radius 1 is 1.09 bits per heavy atom. The SMILES string of the molecule is CCCCCCO.COc1cc(CN2CCNCC2)ccc1Cn1ncc2nc(N)nc(N)c21. The van der Waals surface area contributed by atoms with Crippen molar-refractivity contribution >= 4 is 22.8 Å². The van der Waals surface area contributed by atoms with Crippen LogP contribution in [0.3, 0.4) is 0 Å². The lowest BCUT2D eigenvalue weighted by molar-refractivity contribution is 0.233. The highest BCUT2D eigenvalue weighted by Crippen LogP contribution is 2.25. The molecule has 10 heteroatoms. The van der Waals surface area contributed by atoms with Gasteiger partial charge in [0.25, 0.3) is 0 Å². The zero-order valence-electron chi connectivity index (χ0n) is 20.3. The number of nitrogens with one attached hydrogen (secondary N) is 1. The molecule has 0 atom stereocenters. The van der Waals surface area contributed by atoms with Gasteiger partial charge in [0.2, 0.25) is 5.95 Å². The van der Waals surface area contributed by atoms with E-state index in [2.05, 4.69) is 50.4 Å². The molecule has 0 bridgehead atoms. The minimum Gasteiger partial charge on any atom is -0.496 e. The molecule has 3 aromatic rings. The average Bonchev–Trinajstić information content (AvgIpc) is 3.24. The fourth-order valence-corrected chi connectivity index (χ4v) is 4.01. The molecule has 0 amide bonds. The number of methoxy groups -OCH3 is 1. The molecule has 0 unspecified atom stereocenters. The third-order valence-corrected chi connectivity index (χ3v) is 5.83. The third-order valence-electron chi connectivity index (χ3n) is 5.83. The van der Waals surface area contributed by atoms with E-state index < -0.39 is 0 Å². The van der Waals surface area contributed by atoms with Gasteiger partial charge < -0.3 is 26.6 Å². The number of nitrogens with two attached hydrogens (primary N) is 2. The number of aliphatic hydroxyl groups is 1. The lowest BCUT2D eigenvalue weighted by atomic mass is 10.1. The first kappa shape index (κ1) is 25.7. The number of nitrogens with zero attached hydrogens (tertiary/aromatic N) is 5. The van der Waals surface area contributed by atoms with Crippen LogP contribution in [-0.4, -0.2) is 69.7 Å². The normalized spacial score (nSPS) is 14.1. The highest BCUT2D eigenvalue weighted by molar-refractivity contribution is 5.85. The number of aromatic nitrogens is 4. The maximum absolute atomic E-state index is 8.29. The number of aliphatic hydroxyl groups excluding tert-OH is 1. The Morgan fingerprint density at radius 2 is 1.88 bits per heavy atom. The van der Waals surface area contributed by atoms with Crippen LogP contribution in [0.5, 0.6) is 5.75 Å². The van der Waals surface area contributed by atoms with E-state index in [1.807, 2.05) is 0 Å². The van der Waals surface area contributed by atoms with Crippen LogP contribution in [0.1, 0.15) is 43.7 Å². The van der Waals surface area contributed by atoms with Gasteiger partial charge >= 0.3 is 0 Å². The molecule has 10 nitrogen and oxygen atoms in total. The molecule has 1 aromatic carbocycles. The van der Waals surface area contributed by atoms with E-state index in [-0.39, 0.29) is 5.95 Å². The number of rotatable bonds is 9. The lowest BCUT2D eigenvalue weighted by Gasteiger charge is -2.27. The summed E-state index contributed by atoms with van der Waals surface area (Å²) in [7, 11) is 1.69. The molecule has 1 aliphatic rings. The second-order valence-electron chi connectivity index (χ2n) is 8.46. The molecule has 3 heterocycles. The van der Waals surface area contributed by atoms with E-state index in [9.17, 15) is 0 Å². The van der Waals surface area contributed by atoms with Crippen LogP contribution in [0.2, 0.25) is 0 Å². The summed E-state index contributed by atoms with van der Waals surface area (Å²) in [4.78, 5) is 10.7. The number of benzene rings is 1. The largest absolute Gasteiger partial charge is 0.496 e. The van der Waals surface area contributed by atoms with E-state index in [1.54, 1.807) is 18.0 Å². The van der Waals surface area contributed by atoms with Gasteiger partial charge in [0.15, 0.2) is 5.82 Å². The minimum atomic E-state index is 0.148. The predicted octanol–water partition coefficient (Wildman–Crippen LogP) is 2.01. The Bertz CT molecular complexity index is 1030. The zero-order chi connectivity index (χ0) is 24.3. The van der Waals surface area contributed by atoms with Crippen LogP contribution < -0.4 is 21.5 Å². The van der Waals surface area contributed by atoms with Crippen LogP contribution >= 0.6 is 0 Å². The summed E-state index contributed by atoms with van der Waals surface area (Å²) in [6, 6.07) is 6.32. The van der Waals surface area contributed by atoms with Crippen LogP contribution in [0.25, 0.3) is 11.0 Å². The highest BCUT2D eigenvalue weighted by atomic mass is 16.5. The summed E-state index contributed by atoms with van der Waals surface area (Å²) in [5, 5.41) is 16.1. The van der Waals surface area contributed by atoms with Gasteiger partial charge in [0.05, 0.1) is 19.9 Å². The van der Waals surface area contributed by atoms with Gasteiger partial charge in [-0.25, -0.2) is 4.98 Å². The number of piperazine rings is 1. The Kier molecular flexibility index (Phi) is 9.87. The van der Waals surface area contributed by atoms with Crippen molar-refractivity contribution in [2.24, 2.45) is 0 Å². The minimum absolute atomic E-state index is 0.148. The lowest BCUT2D eigenvalue weighted by Crippen LogP contribution is -2.42. The highest BCUT2D eigenvalue weighted by Gasteiger charge is 2.15. The summed E-state index contributed by atoms with van der Waals surface area (Å²) >= 11 is 0. The molecule has 1 aliphatic heterocycles. The van der Waals surface area contributed by atoms with Gasteiger partial charge in [-0.3, -0.25) is 9.58 Å². The number of fused-ring (bicyclic) bond motifs is 1. The topological polar surface area (TPSA) is 140 Å². The molecule has 0 saturated carbocycles. The number of anilines is 2. The monoisotopic (exact) mass is 470 g/mol. The molecule has 1 saturated heterocycles. The van der Waals surface area contributed by atoms with Crippen LogP contribution in [-0.2, 0) is 13.1 Å². The number of hydrogen-bond acceptors (Lipinski definition) is 9. The smallest absolute Gasteiger partial charge is 0.222 e. The molecule has 34 heavy (non-hydrogen) atoms. The molecular formula is C24H38N8O2. The molecule has 4 rings (SSSR count). The first-order valence-corrected chi connectivity index (χ1v) is 12.0. The van der Waals surface area contributed by atoms with Crippen molar-refractivity contribution in [1.29, 1.82) is 0 Å². The summed E-state index contributed by atoms with van der Waals surface area (Å²) in [6.07, 6.45) is 6.33. The van der Waals surface area contributed by atoms with Crippen molar-refractivity contribution in [3.05, 3.63) is 35.5 Å². The van der Waals surface area contributed by atoms with Crippen molar-refractivity contribution in [3.8, 4) is 5.75 Å². The third kappa shape index (κ3) is 7.02. The zero-order valence-corrected chi connectivity index (χ0v) is 20.3. The molecule has 6 N–H and O–H groups in total. The number of nitrogen functional groups attached to an aromatic ring is 2. The van der Waals surface area contributed by atoms with Gasteiger partial charge in [-0.05, 0) is 18.1 Å². The summed E-state index contributed by atoms with van der Waals surface area (Å²) in [5.74, 6) is 1.31. The van der Waals surface area contributed by atoms with Crippen molar-refractivity contribution in [3.63, 3.8) is 0 Å². The van der Waals surface area contributed by atoms with Gasteiger partial charge in [0, 0.05) is 44.9 Å². The average molecular weight is 471 g/mol. The number of ether oxygens (including phenoxy) is 1. The maximum Gasteiger partial charge on any atom is 0.222 e. The molecule has 0 radical (unpaired) electrons. The molecule has 0 aliphatic carbocycles. The Balaban J connectivity index is 0.000000406. The summed E-state index contributed by atoms with van der Waals surface area (Å²) < 4.78 is 7.41. The van der Waals surface area contributed by atoms with Gasteiger partial charge in [0.1, 0.15) is 16.8 Å². The molecule has 1 fully saturated rings. The fraction of sp³-hybridized carbons (Fsp3) is 0.542. The van der Waals surface area contributed by atoms with Crippen molar-refractivity contribution in [2.75, 3.05) is 51.4 Å². The van der Waals surface area contributed by atoms with Crippen LogP contribution in [0.15, 0.2) is 24.4 Å². The van der Waals surface area contributed by atoms with Crippen molar-refractivity contribution < 1.29 is 9.84 Å². The van der Waals surface area contributed by atoms with E-state index >= 15 is 0 Å². The fourth-order valence-electron chi connectivity index (χ4n) is 4.01. The Hall–Kier alpha value is -2.95. The standard InChI is InChI=1S/C18H24N8O.C6H14O/c1-27-15-8-12(10-25-6-4-21-5-7-25)2-3-13(15)11-26-16-14(9-22-26)23-18(20)24-17(16)19;1-2-3-4-5-6-7/h2-3,8-9,21H,4-7,10-11H2,1H3,(H4,19,20,23,24);7H,2-6H2,1H3. The first-order chi connectivity index (χ1) is 16.5. The second-order valence-corrected chi connectivity index (χ2v) is 8.46. The summed E-state index contributed by atoms with van der Waals surface area (Å²) in [5.41, 5.74) is 15.2. The quantitative estimate of drug-likeness (QED) is 0.346. The van der Waals surface area contributed by atoms with Crippen molar-refractivity contribution in [2.45, 2.75) is 45.7 Å². The molecule has 2 aromatic heterocycles. The van der Waals surface area contributed by atoms with Gasteiger partial charge in [-0.1, -0.05) is 38.3 Å². The van der Waals surface area contributed by atoms with Crippen LogP contribution in [0.4, 0.5) is 11.8 Å². The number of unbranched alkanes of at least 4 members (excludes halogenated alkanes) is 3.